The zero-order chi connectivity index (χ0) is 7.44. The number of nitrogens with zero attached hydrogens (tertiary/aromatic N) is 1. The first-order valence-corrected chi connectivity index (χ1v) is 4.26. The van der Waals surface area contributed by atoms with Gasteiger partial charge in [0.05, 0.1) is 0 Å². The van der Waals surface area contributed by atoms with E-state index >= 15 is 0 Å². The maximum atomic E-state index is 12.2. The second-order valence-electron chi connectivity index (χ2n) is 1.85. The first-order valence-electron chi connectivity index (χ1n) is 2.55. The lowest BCUT2D eigenvalue weighted by Gasteiger charge is -1.99. The molecule has 0 amide bonds. The minimum Gasteiger partial charge on any atom is -0.276 e. The number of alkyl halides is 2. The molecule has 0 aliphatic heterocycles. The molecule has 0 saturated heterocycles. The van der Waals surface area contributed by atoms with Crippen LogP contribution in [0.5, 0.6) is 0 Å². The first-order chi connectivity index (χ1) is 4.04. The molecule has 0 radical (unpaired) electrons. The topological polar surface area (TPSA) is 12.4 Å². The number of halogens is 3. The molecular formula is C5H8Br2FN. The molecule has 54 valence electrons. The van der Waals surface area contributed by atoms with Gasteiger partial charge in [0.25, 0.3) is 0 Å². The van der Waals surface area contributed by atoms with Gasteiger partial charge in [-0.3, -0.25) is 4.99 Å². The van der Waals surface area contributed by atoms with E-state index in [1.54, 1.807) is 0 Å². The van der Waals surface area contributed by atoms with E-state index in [1.807, 2.05) is 13.8 Å². The predicted octanol–water partition coefficient (Wildman–Crippen LogP) is 2.88. The maximum absolute atomic E-state index is 12.2. The van der Waals surface area contributed by atoms with Gasteiger partial charge in [0.15, 0.2) is 0 Å². The normalized spacial score (nSPS) is 16.4. The smallest absolute Gasteiger partial charge is 0.202 e. The molecule has 0 aromatic rings. The van der Waals surface area contributed by atoms with Crippen LogP contribution < -0.4 is 0 Å². The summed E-state index contributed by atoms with van der Waals surface area (Å²) in [5, 5.41) is -1.17. The van der Waals surface area contributed by atoms with Crippen LogP contribution in [0.15, 0.2) is 4.99 Å². The Kier molecular flexibility index (Phi) is 4.66. The highest BCUT2D eigenvalue weighted by Crippen LogP contribution is 2.10. The highest BCUT2D eigenvalue weighted by molar-refractivity contribution is 9.20. The van der Waals surface area contributed by atoms with Crippen molar-refractivity contribution in [1.82, 2.24) is 0 Å². The second kappa shape index (κ2) is 4.39. The van der Waals surface area contributed by atoms with E-state index in [9.17, 15) is 4.39 Å². The fourth-order valence-electron chi connectivity index (χ4n) is 0.303. The van der Waals surface area contributed by atoms with Gasteiger partial charge in [0.1, 0.15) is 4.62 Å². The highest BCUT2D eigenvalue weighted by atomic mass is 79.9. The van der Waals surface area contributed by atoms with Gasteiger partial charge in [0, 0.05) is 6.04 Å². The molecule has 1 atom stereocenters. The first kappa shape index (κ1) is 9.56. The van der Waals surface area contributed by atoms with Crippen molar-refractivity contribution in [1.29, 1.82) is 0 Å². The molecule has 4 heteroatoms. The Balaban J connectivity index is 3.84. The summed E-state index contributed by atoms with van der Waals surface area (Å²) in [7, 11) is 0. The molecule has 0 aliphatic rings. The van der Waals surface area contributed by atoms with Crippen molar-refractivity contribution in [3.8, 4) is 0 Å². The molecule has 0 N–H and O–H groups in total. The Morgan fingerprint density at radius 2 is 2.00 bits per heavy atom. The molecular weight excluding hydrogens is 253 g/mol. The molecule has 0 saturated carbocycles. The van der Waals surface area contributed by atoms with Crippen LogP contribution in [-0.2, 0) is 0 Å². The second-order valence-corrected chi connectivity index (χ2v) is 3.46. The lowest BCUT2D eigenvalue weighted by atomic mass is 10.4. The Morgan fingerprint density at radius 3 is 2.11 bits per heavy atom. The largest absolute Gasteiger partial charge is 0.276 e. The standard InChI is InChI=1S/C5H8Br2FN/c1-3(2)9-5(7)4(6)8/h3-4H,1-2H3. The van der Waals surface area contributed by atoms with Crippen molar-refractivity contribution in [2.24, 2.45) is 4.99 Å². The maximum Gasteiger partial charge on any atom is 0.202 e. The van der Waals surface area contributed by atoms with Gasteiger partial charge in [-0.1, -0.05) is 0 Å². The fourth-order valence-corrected chi connectivity index (χ4v) is 0.831. The van der Waals surface area contributed by atoms with Crippen LogP contribution in [0.3, 0.4) is 0 Å². The number of hydrogen-bond donors (Lipinski definition) is 0. The predicted molar refractivity (Wildman–Crippen MR) is 45.3 cm³/mol. The van der Waals surface area contributed by atoms with Crippen LogP contribution in [0.4, 0.5) is 4.39 Å². The van der Waals surface area contributed by atoms with Gasteiger partial charge in [-0.2, -0.15) is 0 Å². The fraction of sp³-hybridized carbons (Fsp3) is 0.800. The quantitative estimate of drug-likeness (QED) is 0.535. The molecule has 9 heavy (non-hydrogen) atoms. The molecule has 0 aliphatic carbocycles. The Labute approximate surface area is 71.0 Å². The minimum atomic E-state index is -1.17. The van der Waals surface area contributed by atoms with Crippen LogP contribution in [0.25, 0.3) is 0 Å². The summed E-state index contributed by atoms with van der Waals surface area (Å²) in [6, 6.07) is 0.134. The van der Waals surface area contributed by atoms with Crippen LogP contribution in [0.1, 0.15) is 13.8 Å². The Morgan fingerprint density at radius 1 is 1.56 bits per heavy atom. The van der Waals surface area contributed by atoms with Crippen molar-refractivity contribution < 1.29 is 4.39 Å². The van der Waals surface area contributed by atoms with Gasteiger partial charge < -0.3 is 0 Å². The zero-order valence-corrected chi connectivity index (χ0v) is 8.41. The Hall–Kier alpha value is 0.560. The van der Waals surface area contributed by atoms with Crippen LogP contribution in [-0.4, -0.2) is 15.7 Å². The summed E-state index contributed by atoms with van der Waals surface area (Å²) in [5.74, 6) is 0. The van der Waals surface area contributed by atoms with Gasteiger partial charge >= 0.3 is 0 Å². The van der Waals surface area contributed by atoms with Crippen LogP contribution in [0.2, 0.25) is 0 Å². The van der Waals surface area contributed by atoms with E-state index < -0.39 is 5.08 Å². The number of aliphatic imine (C=N–C) groups is 1. The third-order valence-corrected chi connectivity index (χ3v) is 2.22. The van der Waals surface area contributed by atoms with Crippen molar-refractivity contribution in [3.63, 3.8) is 0 Å². The molecule has 0 spiro atoms. The van der Waals surface area contributed by atoms with Gasteiger partial charge in [-0.05, 0) is 45.7 Å². The van der Waals surface area contributed by atoms with E-state index in [-0.39, 0.29) is 6.04 Å². The van der Waals surface area contributed by atoms with E-state index in [0.29, 0.717) is 4.62 Å². The molecule has 0 heterocycles. The summed E-state index contributed by atoms with van der Waals surface area (Å²) >= 11 is 5.69. The zero-order valence-electron chi connectivity index (χ0n) is 5.24. The van der Waals surface area contributed by atoms with Gasteiger partial charge in [-0.25, -0.2) is 4.39 Å². The van der Waals surface area contributed by atoms with Crippen molar-refractivity contribution in [2.75, 3.05) is 0 Å². The lowest BCUT2D eigenvalue weighted by molar-refractivity contribution is 0.552. The monoisotopic (exact) mass is 259 g/mol. The molecule has 0 aromatic carbocycles. The molecule has 0 rings (SSSR count). The molecule has 0 fully saturated rings. The van der Waals surface area contributed by atoms with Crippen molar-refractivity contribution in [3.05, 3.63) is 0 Å². The summed E-state index contributed by atoms with van der Waals surface area (Å²) in [5.41, 5.74) is 0. The van der Waals surface area contributed by atoms with Crippen molar-refractivity contribution in [2.45, 2.75) is 25.0 Å². The SMILES string of the molecule is CC(C)N=C(Br)C(F)Br. The van der Waals surface area contributed by atoms with Gasteiger partial charge in [0.2, 0.25) is 5.08 Å². The minimum absolute atomic E-state index is 0.134. The Bertz CT molecular complexity index is 112. The molecule has 1 nitrogen and oxygen atoms in total. The third-order valence-electron chi connectivity index (χ3n) is 0.562. The average Bonchev–Trinajstić information content (AvgIpc) is 1.63. The van der Waals surface area contributed by atoms with Crippen LogP contribution in [0, 0.1) is 0 Å². The van der Waals surface area contributed by atoms with Crippen LogP contribution >= 0.6 is 31.9 Å². The van der Waals surface area contributed by atoms with E-state index in [0.717, 1.165) is 0 Å². The van der Waals surface area contributed by atoms with Gasteiger partial charge in [-0.15, -0.1) is 0 Å². The molecule has 0 bridgehead atoms. The summed E-state index contributed by atoms with van der Waals surface area (Å²) < 4.78 is 12.5. The third kappa shape index (κ3) is 5.03. The number of rotatable bonds is 2. The summed E-state index contributed by atoms with van der Waals surface area (Å²) in [6.45, 7) is 3.77. The van der Waals surface area contributed by atoms with Crippen molar-refractivity contribution >= 4 is 36.5 Å². The summed E-state index contributed by atoms with van der Waals surface area (Å²) in [6.07, 6.45) is 0. The molecule has 0 aromatic heterocycles. The lowest BCUT2D eigenvalue weighted by Crippen LogP contribution is -2.02. The average molecular weight is 261 g/mol. The van der Waals surface area contributed by atoms with E-state index in [1.165, 1.54) is 0 Å². The highest BCUT2D eigenvalue weighted by Gasteiger charge is 2.05. The summed E-state index contributed by atoms with van der Waals surface area (Å²) in [4.78, 5) is 3.89. The number of hydrogen-bond acceptors (Lipinski definition) is 1. The van der Waals surface area contributed by atoms with E-state index in [4.69, 9.17) is 0 Å². The van der Waals surface area contributed by atoms with E-state index in [2.05, 4.69) is 36.9 Å². The molecule has 1 unspecified atom stereocenters.